The quantitative estimate of drug-likeness (QED) is 0.757. The second-order valence-electron chi connectivity index (χ2n) is 8.44. The van der Waals surface area contributed by atoms with Crippen LogP contribution in [-0.2, 0) is 16.1 Å². The number of halogens is 2. The van der Waals surface area contributed by atoms with Crippen molar-refractivity contribution in [3.63, 3.8) is 0 Å². The molecular weight excluding hydrogens is 411 g/mol. The van der Waals surface area contributed by atoms with Gasteiger partial charge in [0.05, 0.1) is 6.04 Å². The first-order valence-electron chi connectivity index (χ1n) is 10.1. The van der Waals surface area contributed by atoms with Crippen LogP contribution in [0.1, 0.15) is 45.1 Å². The molecule has 3 rings (SSSR count). The third-order valence-electron chi connectivity index (χ3n) is 6.25. The number of likely N-dealkylation sites (N-methyl/N-ethyl adjacent to an activating group) is 1. The number of hydrogen-bond donors (Lipinski definition) is 1. The molecule has 29 heavy (non-hydrogen) atoms. The van der Waals surface area contributed by atoms with Gasteiger partial charge in [-0.3, -0.25) is 14.6 Å². The van der Waals surface area contributed by atoms with Gasteiger partial charge >= 0.3 is 0 Å². The predicted octanol–water partition coefficient (Wildman–Crippen LogP) is 2.90. The molecule has 2 fully saturated rings. The van der Waals surface area contributed by atoms with E-state index < -0.39 is 0 Å². The molecule has 0 bridgehead atoms. The molecule has 2 amide bonds. The summed E-state index contributed by atoms with van der Waals surface area (Å²) in [4.78, 5) is 33.3. The number of likely N-dealkylation sites (tertiary alicyclic amines) is 2. The largest absolute Gasteiger partial charge is 0.341 e. The van der Waals surface area contributed by atoms with Crippen LogP contribution in [0.4, 0.5) is 0 Å². The van der Waals surface area contributed by atoms with Gasteiger partial charge in [-0.25, -0.2) is 0 Å². The first-order chi connectivity index (χ1) is 12.9. The lowest BCUT2D eigenvalue weighted by molar-refractivity contribution is -0.144. The maximum atomic E-state index is 12.8. The highest BCUT2D eigenvalue weighted by Crippen LogP contribution is 2.40. The smallest absolute Gasteiger partial charge is 0.239 e. The molecule has 0 unspecified atom stereocenters. The van der Waals surface area contributed by atoms with Gasteiger partial charge in [-0.15, -0.1) is 24.8 Å². The van der Waals surface area contributed by atoms with Crippen molar-refractivity contribution in [2.45, 2.75) is 52.1 Å². The van der Waals surface area contributed by atoms with Gasteiger partial charge in [0.25, 0.3) is 0 Å². The molecule has 0 radical (unpaired) electrons. The second-order valence-corrected chi connectivity index (χ2v) is 8.44. The Morgan fingerprint density at radius 3 is 2.34 bits per heavy atom. The Morgan fingerprint density at radius 2 is 1.79 bits per heavy atom. The zero-order chi connectivity index (χ0) is 19.4. The molecule has 1 atom stereocenters. The number of pyridine rings is 1. The summed E-state index contributed by atoms with van der Waals surface area (Å²) in [5.41, 5.74) is 1.28. The zero-order valence-electron chi connectivity index (χ0n) is 17.6. The third kappa shape index (κ3) is 6.06. The van der Waals surface area contributed by atoms with Crippen molar-refractivity contribution in [1.82, 2.24) is 20.1 Å². The molecule has 2 aliphatic heterocycles. The normalized spacial score (nSPS) is 19.5. The Labute approximate surface area is 186 Å². The third-order valence-corrected chi connectivity index (χ3v) is 6.25. The molecule has 0 aliphatic carbocycles. The fourth-order valence-corrected chi connectivity index (χ4v) is 4.50. The van der Waals surface area contributed by atoms with Gasteiger partial charge in [-0.05, 0) is 55.3 Å². The van der Waals surface area contributed by atoms with Gasteiger partial charge in [-0.2, -0.15) is 0 Å². The lowest BCUT2D eigenvalue weighted by atomic mass is 9.72. The van der Waals surface area contributed by atoms with Crippen molar-refractivity contribution in [3.05, 3.63) is 30.1 Å². The van der Waals surface area contributed by atoms with Crippen LogP contribution in [0.5, 0.6) is 0 Å². The van der Waals surface area contributed by atoms with E-state index in [0.717, 1.165) is 44.5 Å². The van der Waals surface area contributed by atoms with Crippen molar-refractivity contribution < 1.29 is 9.59 Å². The number of aromatic nitrogens is 1. The lowest BCUT2D eigenvalue weighted by Crippen LogP contribution is -2.55. The van der Waals surface area contributed by atoms with Gasteiger partial charge < -0.3 is 15.1 Å². The summed E-state index contributed by atoms with van der Waals surface area (Å²) in [6, 6.07) is 3.83. The number of hydrogen-bond acceptors (Lipinski definition) is 4. The monoisotopic (exact) mass is 444 g/mol. The summed E-state index contributed by atoms with van der Waals surface area (Å²) in [6.07, 6.45) is 7.07. The molecule has 2 saturated heterocycles. The molecule has 1 spiro atoms. The molecule has 1 aromatic heterocycles. The van der Waals surface area contributed by atoms with E-state index in [1.54, 1.807) is 12.4 Å². The molecule has 0 saturated carbocycles. The number of nitrogens with one attached hydrogen (secondary N) is 1. The number of carbonyl (C=O) groups is 2. The fourth-order valence-electron chi connectivity index (χ4n) is 4.50. The Balaban J connectivity index is 0.00000210. The standard InChI is InChI=1S/C21H32N4O2.2ClH/c1-16(2)19(22-3)20(27)24-12-8-21(9-13-24)7-4-18(26)25(15-21)14-17-5-10-23-11-6-17;;/h5-6,10-11,16,19,22H,4,7-9,12-15H2,1-3H3;2*1H/t19-;;/m0../s1. The highest BCUT2D eigenvalue weighted by Gasteiger charge is 2.42. The van der Waals surface area contributed by atoms with E-state index in [1.165, 1.54) is 0 Å². The highest BCUT2D eigenvalue weighted by molar-refractivity contribution is 5.85. The Bertz CT molecular complexity index is 664. The summed E-state index contributed by atoms with van der Waals surface area (Å²) in [7, 11) is 1.86. The maximum absolute atomic E-state index is 12.8. The van der Waals surface area contributed by atoms with Gasteiger partial charge in [0.2, 0.25) is 11.8 Å². The number of amides is 2. The Hall–Kier alpha value is -1.37. The van der Waals surface area contributed by atoms with E-state index in [2.05, 4.69) is 24.1 Å². The van der Waals surface area contributed by atoms with Crippen molar-refractivity contribution in [2.75, 3.05) is 26.7 Å². The first-order valence-corrected chi connectivity index (χ1v) is 10.1. The molecule has 3 heterocycles. The van der Waals surface area contributed by atoms with Crippen LogP contribution in [-0.4, -0.2) is 59.3 Å². The summed E-state index contributed by atoms with van der Waals surface area (Å²) in [6.45, 7) is 7.20. The molecule has 2 aliphatic rings. The van der Waals surface area contributed by atoms with Crippen molar-refractivity contribution >= 4 is 36.6 Å². The average Bonchev–Trinajstić information content (AvgIpc) is 2.66. The first kappa shape index (κ1) is 25.7. The Kier molecular flexibility index (Phi) is 9.86. The molecule has 164 valence electrons. The summed E-state index contributed by atoms with van der Waals surface area (Å²) < 4.78 is 0. The summed E-state index contributed by atoms with van der Waals surface area (Å²) >= 11 is 0. The Morgan fingerprint density at radius 1 is 1.17 bits per heavy atom. The number of piperidine rings is 2. The van der Waals surface area contributed by atoms with E-state index in [9.17, 15) is 9.59 Å². The van der Waals surface area contributed by atoms with Gasteiger partial charge in [0.15, 0.2) is 0 Å². The SMILES string of the molecule is CN[C@H](C(=O)N1CCC2(CCC(=O)N(Cc3ccncc3)C2)CC1)C(C)C.Cl.Cl. The molecule has 1 aromatic rings. The van der Waals surface area contributed by atoms with Crippen LogP contribution in [0, 0.1) is 11.3 Å². The average molecular weight is 445 g/mol. The maximum Gasteiger partial charge on any atom is 0.239 e. The molecule has 0 aromatic carbocycles. The van der Waals surface area contributed by atoms with E-state index in [4.69, 9.17) is 0 Å². The number of carbonyl (C=O) groups excluding carboxylic acids is 2. The molecule has 6 nitrogen and oxygen atoms in total. The molecule has 1 N–H and O–H groups in total. The summed E-state index contributed by atoms with van der Waals surface area (Å²) in [5, 5.41) is 3.16. The van der Waals surface area contributed by atoms with Crippen molar-refractivity contribution in [2.24, 2.45) is 11.3 Å². The minimum atomic E-state index is -0.116. The predicted molar refractivity (Wildman–Crippen MR) is 119 cm³/mol. The van der Waals surface area contributed by atoms with Crippen LogP contribution in [0.15, 0.2) is 24.5 Å². The van der Waals surface area contributed by atoms with Crippen LogP contribution in [0.25, 0.3) is 0 Å². The number of rotatable bonds is 5. The minimum absolute atomic E-state index is 0. The molecule has 8 heteroatoms. The van der Waals surface area contributed by atoms with Gasteiger partial charge in [-0.1, -0.05) is 13.8 Å². The van der Waals surface area contributed by atoms with Crippen LogP contribution < -0.4 is 5.32 Å². The lowest BCUT2D eigenvalue weighted by Gasteiger charge is -2.48. The highest BCUT2D eigenvalue weighted by atomic mass is 35.5. The van der Waals surface area contributed by atoms with Gasteiger partial charge in [0.1, 0.15) is 0 Å². The van der Waals surface area contributed by atoms with E-state index in [-0.39, 0.29) is 54.0 Å². The fraction of sp³-hybridized carbons (Fsp3) is 0.667. The van der Waals surface area contributed by atoms with Crippen LogP contribution in [0.2, 0.25) is 0 Å². The zero-order valence-corrected chi connectivity index (χ0v) is 19.2. The molecular formula is C21H34Cl2N4O2. The van der Waals surface area contributed by atoms with Crippen molar-refractivity contribution in [1.29, 1.82) is 0 Å². The van der Waals surface area contributed by atoms with E-state index in [0.29, 0.717) is 13.0 Å². The topological polar surface area (TPSA) is 65.5 Å². The number of nitrogens with zero attached hydrogens (tertiary/aromatic N) is 3. The van der Waals surface area contributed by atoms with E-state index >= 15 is 0 Å². The second kappa shape index (κ2) is 11.1. The van der Waals surface area contributed by atoms with Gasteiger partial charge in [0, 0.05) is 45.0 Å². The van der Waals surface area contributed by atoms with E-state index in [1.807, 2.05) is 29.0 Å². The van der Waals surface area contributed by atoms with Crippen molar-refractivity contribution in [3.8, 4) is 0 Å². The summed E-state index contributed by atoms with van der Waals surface area (Å²) in [5.74, 6) is 0.732. The van der Waals surface area contributed by atoms with Crippen LogP contribution in [0.3, 0.4) is 0 Å². The minimum Gasteiger partial charge on any atom is -0.341 e. The van der Waals surface area contributed by atoms with Crippen LogP contribution >= 0.6 is 24.8 Å².